The molecule has 4 rings (SSSR count). The van der Waals surface area contributed by atoms with Gasteiger partial charge in [0, 0.05) is 11.6 Å². The first kappa shape index (κ1) is 21.2. The molecule has 0 unspecified atom stereocenters. The predicted molar refractivity (Wildman–Crippen MR) is 106 cm³/mol. The minimum Gasteiger partial charge on any atom is -0.497 e. The fraction of sp³-hybridized carbons (Fsp3) is 0.450. The predicted octanol–water partition coefficient (Wildman–Crippen LogP) is 3.72. The van der Waals surface area contributed by atoms with Crippen molar-refractivity contribution in [3.63, 3.8) is 0 Å². The van der Waals surface area contributed by atoms with Crippen LogP contribution in [0.5, 0.6) is 11.5 Å². The topological polar surface area (TPSA) is 93.8 Å². The molecule has 2 atom stereocenters. The minimum atomic E-state index is -4.89. The number of hydrogen-bond donors (Lipinski definition) is 2. The molecule has 2 heterocycles. The summed E-state index contributed by atoms with van der Waals surface area (Å²) in [5.74, 6) is 0.0659. The van der Waals surface area contributed by atoms with Crippen LogP contribution in [-0.2, 0) is 0 Å². The van der Waals surface area contributed by atoms with Gasteiger partial charge in [-0.25, -0.2) is 0 Å². The quantitative estimate of drug-likeness (QED) is 0.628. The first-order chi connectivity index (χ1) is 14.7. The lowest BCUT2D eigenvalue weighted by Crippen LogP contribution is -2.37. The second-order valence-corrected chi connectivity index (χ2v) is 7.47. The van der Waals surface area contributed by atoms with E-state index in [0.717, 1.165) is 25.3 Å². The van der Waals surface area contributed by atoms with E-state index in [1.54, 1.807) is 13.0 Å². The molecule has 1 saturated carbocycles. The molecule has 0 amide bonds. The molecule has 2 aromatic heterocycles. The SMILES string of the molecule is COc1ccc(-c2nnc(N[C@@H]3CCCC[C@H]3O)n3nc(C)cc23)c(OC(F)(F)F)c1. The molecule has 1 aliphatic carbocycles. The maximum atomic E-state index is 13.0. The number of aliphatic hydroxyl groups excluding tert-OH is 1. The van der Waals surface area contributed by atoms with Crippen LogP contribution in [0.15, 0.2) is 24.3 Å². The van der Waals surface area contributed by atoms with Gasteiger partial charge in [-0.2, -0.15) is 9.61 Å². The van der Waals surface area contributed by atoms with E-state index < -0.39 is 18.2 Å². The molecular weight excluding hydrogens is 415 g/mol. The Kier molecular flexibility index (Phi) is 5.61. The normalized spacial score (nSPS) is 19.4. The highest BCUT2D eigenvalue weighted by Crippen LogP contribution is 2.38. The van der Waals surface area contributed by atoms with Crippen molar-refractivity contribution in [2.75, 3.05) is 12.4 Å². The summed E-state index contributed by atoms with van der Waals surface area (Å²) in [5.41, 5.74) is 1.37. The first-order valence-electron chi connectivity index (χ1n) is 9.87. The Morgan fingerprint density at radius 1 is 1.16 bits per heavy atom. The summed E-state index contributed by atoms with van der Waals surface area (Å²) in [5, 5.41) is 26.2. The number of nitrogens with zero attached hydrogens (tertiary/aromatic N) is 4. The van der Waals surface area contributed by atoms with Gasteiger partial charge in [0.1, 0.15) is 17.2 Å². The molecule has 0 aliphatic heterocycles. The zero-order chi connectivity index (χ0) is 22.2. The van der Waals surface area contributed by atoms with Crippen LogP contribution >= 0.6 is 0 Å². The third kappa shape index (κ3) is 4.50. The molecule has 166 valence electrons. The van der Waals surface area contributed by atoms with E-state index in [9.17, 15) is 18.3 Å². The van der Waals surface area contributed by atoms with Crippen LogP contribution in [-0.4, -0.2) is 50.5 Å². The van der Waals surface area contributed by atoms with Gasteiger partial charge in [0.15, 0.2) is 0 Å². The molecule has 1 aromatic carbocycles. The molecule has 1 aliphatic rings. The summed E-state index contributed by atoms with van der Waals surface area (Å²) in [6.07, 6.45) is -2.01. The number of aryl methyl sites for hydroxylation is 1. The second kappa shape index (κ2) is 8.22. The number of methoxy groups -OCH3 is 1. The summed E-state index contributed by atoms with van der Waals surface area (Å²) < 4.78 is 49.7. The molecule has 0 saturated heterocycles. The lowest BCUT2D eigenvalue weighted by molar-refractivity contribution is -0.274. The van der Waals surface area contributed by atoms with Gasteiger partial charge in [-0.3, -0.25) is 0 Å². The number of rotatable bonds is 5. The lowest BCUT2D eigenvalue weighted by atomic mass is 9.93. The van der Waals surface area contributed by atoms with Crippen molar-refractivity contribution in [1.82, 2.24) is 19.8 Å². The maximum Gasteiger partial charge on any atom is 0.573 e. The Bertz CT molecular complexity index is 1090. The molecule has 11 heteroatoms. The molecular formula is C20H22F3N5O3. The third-order valence-electron chi connectivity index (χ3n) is 5.23. The number of ether oxygens (including phenoxy) is 2. The summed E-state index contributed by atoms with van der Waals surface area (Å²) in [6, 6.07) is 5.60. The Labute approximate surface area is 176 Å². The Balaban J connectivity index is 1.79. The van der Waals surface area contributed by atoms with E-state index in [0.29, 0.717) is 23.6 Å². The van der Waals surface area contributed by atoms with Gasteiger partial charge in [-0.15, -0.1) is 23.4 Å². The minimum absolute atomic E-state index is 0.0970. The third-order valence-corrected chi connectivity index (χ3v) is 5.23. The average Bonchev–Trinajstić information content (AvgIpc) is 3.11. The number of halogens is 3. The summed E-state index contributed by atoms with van der Waals surface area (Å²) >= 11 is 0. The zero-order valence-corrected chi connectivity index (χ0v) is 17.0. The van der Waals surface area contributed by atoms with E-state index in [1.165, 1.54) is 23.8 Å². The van der Waals surface area contributed by atoms with Crippen molar-refractivity contribution in [3.8, 4) is 22.8 Å². The Hall–Kier alpha value is -3.08. The van der Waals surface area contributed by atoms with E-state index in [-0.39, 0.29) is 23.0 Å². The van der Waals surface area contributed by atoms with Gasteiger partial charge in [-0.05, 0) is 38.0 Å². The van der Waals surface area contributed by atoms with Crippen LogP contribution in [0, 0.1) is 6.92 Å². The first-order valence-corrected chi connectivity index (χ1v) is 9.87. The number of fused-ring (bicyclic) bond motifs is 1. The lowest BCUT2D eigenvalue weighted by Gasteiger charge is -2.28. The number of aliphatic hydroxyl groups is 1. The van der Waals surface area contributed by atoms with Crippen molar-refractivity contribution in [3.05, 3.63) is 30.0 Å². The summed E-state index contributed by atoms with van der Waals surface area (Å²) in [4.78, 5) is 0. The van der Waals surface area contributed by atoms with Crippen LogP contribution in [0.1, 0.15) is 31.4 Å². The molecule has 2 N–H and O–H groups in total. The Morgan fingerprint density at radius 3 is 2.65 bits per heavy atom. The number of hydrogen-bond acceptors (Lipinski definition) is 7. The van der Waals surface area contributed by atoms with Crippen molar-refractivity contribution >= 4 is 11.5 Å². The fourth-order valence-electron chi connectivity index (χ4n) is 3.78. The number of anilines is 1. The van der Waals surface area contributed by atoms with Crippen LogP contribution in [0.2, 0.25) is 0 Å². The van der Waals surface area contributed by atoms with Crippen LogP contribution in [0.4, 0.5) is 19.1 Å². The second-order valence-electron chi connectivity index (χ2n) is 7.47. The molecule has 1 fully saturated rings. The molecule has 0 bridgehead atoms. The van der Waals surface area contributed by atoms with Gasteiger partial charge < -0.3 is 19.9 Å². The zero-order valence-electron chi connectivity index (χ0n) is 17.0. The Morgan fingerprint density at radius 2 is 1.94 bits per heavy atom. The highest BCUT2D eigenvalue weighted by atomic mass is 19.4. The molecule has 0 spiro atoms. The molecule has 0 radical (unpaired) electrons. The standard InChI is InChI=1S/C20H22F3N5O3/c1-11-9-15-18(13-8-7-12(30-2)10-17(13)31-20(21,22)23)25-26-19(28(15)27-11)24-14-5-3-4-6-16(14)29/h7-10,14,16,29H,3-6H2,1-2H3,(H,24,26)/t14-,16-/m1/s1. The number of benzene rings is 1. The highest BCUT2D eigenvalue weighted by Gasteiger charge is 2.33. The maximum absolute atomic E-state index is 13.0. The van der Waals surface area contributed by atoms with Gasteiger partial charge in [0.05, 0.1) is 30.5 Å². The summed E-state index contributed by atoms with van der Waals surface area (Å²) in [6.45, 7) is 1.76. The monoisotopic (exact) mass is 437 g/mol. The largest absolute Gasteiger partial charge is 0.573 e. The summed E-state index contributed by atoms with van der Waals surface area (Å²) in [7, 11) is 1.35. The smallest absolute Gasteiger partial charge is 0.497 e. The molecule has 3 aromatic rings. The van der Waals surface area contributed by atoms with Crippen molar-refractivity contribution in [2.45, 2.75) is 51.1 Å². The van der Waals surface area contributed by atoms with E-state index in [2.05, 4.69) is 25.3 Å². The molecule has 8 nitrogen and oxygen atoms in total. The van der Waals surface area contributed by atoms with Crippen molar-refractivity contribution in [2.24, 2.45) is 0 Å². The van der Waals surface area contributed by atoms with Crippen LogP contribution in [0.25, 0.3) is 16.8 Å². The highest BCUT2D eigenvalue weighted by molar-refractivity contribution is 5.81. The number of nitrogens with one attached hydrogen (secondary N) is 1. The van der Waals surface area contributed by atoms with Gasteiger partial charge in [0.2, 0.25) is 5.95 Å². The van der Waals surface area contributed by atoms with Crippen molar-refractivity contribution in [1.29, 1.82) is 0 Å². The van der Waals surface area contributed by atoms with Crippen LogP contribution in [0.3, 0.4) is 0 Å². The van der Waals surface area contributed by atoms with Gasteiger partial charge in [-0.1, -0.05) is 12.8 Å². The van der Waals surface area contributed by atoms with E-state index in [1.807, 2.05) is 0 Å². The van der Waals surface area contributed by atoms with Crippen LogP contribution < -0.4 is 14.8 Å². The van der Waals surface area contributed by atoms with Crippen molar-refractivity contribution < 1.29 is 27.8 Å². The van der Waals surface area contributed by atoms with Gasteiger partial charge >= 0.3 is 6.36 Å². The average molecular weight is 437 g/mol. The molecule has 31 heavy (non-hydrogen) atoms. The number of aromatic nitrogens is 4. The van der Waals surface area contributed by atoms with E-state index >= 15 is 0 Å². The van der Waals surface area contributed by atoms with Gasteiger partial charge in [0.25, 0.3) is 0 Å². The van der Waals surface area contributed by atoms with E-state index in [4.69, 9.17) is 4.74 Å². The fourth-order valence-corrected chi connectivity index (χ4v) is 3.78. The number of alkyl halides is 3.